The zero-order chi connectivity index (χ0) is 16.5. The van der Waals surface area contributed by atoms with Gasteiger partial charge in [0.15, 0.2) is 0 Å². The van der Waals surface area contributed by atoms with Crippen molar-refractivity contribution < 1.29 is 19.4 Å². The number of carboxylic acid groups (broad SMARTS) is 1. The molecular formula is C16H22BrNO4. The van der Waals surface area contributed by atoms with Crippen LogP contribution in [-0.2, 0) is 20.9 Å². The maximum absolute atomic E-state index is 12.3. The molecule has 122 valence electrons. The molecule has 0 unspecified atom stereocenters. The van der Waals surface area contributed by atoms with E-state index in [0.717, 1.165) is 10.0 Å². The number of hydrogen-bond donors (Lipinski definition) is 1. The summed E-state index contributed by atoms with van der Waals surface area (Å²) < 4.78 is 6.32. The normalized spacial score (nSPS) is 10.7. The average molecular weight is 372 g/mol. The Balaban J connectivity index is 2.65. The molecule has 0 atom stereocenters. The summed E-state index contributed by atoms with van der Waals surface area (Å²) in [5.41, 5.74) is 0.956. The molecule has 22 heavy (non-hydrogen) atoms. The largest absolute Gasteiger partial charge is 0.481 e. The standard InChI is InChI=1S/C16H22BrNO4/c1-12(2)22-9-7-15(19)18(8-6-16(20)21)11-13-4-3-5-14(17)10-13/h3-5,10,12H,6-9,11H2,1-2H3,(H,20,21). The fourth-order valence-electron chi connectivity index (χ4n) is 1.92. The molecule has 1 aromatic carbocycles. The quantitative estimate of drug-likeness (QED) is 0.724. The van der Waals surface area contributed by atoms with Gasteiger partial charge in [0.05, 0.1) is 25.6 Å². The second kappa shape index (κ2) is 9.58. The van der Waals surface area contributed by atoms with Gasteiger partial charge in [-0.05, 0) is 31.5 Å². The highest BCUT2D eigenvalue weighted by Crippen LogP contribution is 2.14. The summed E-state index contributed by atoms with van der Waals surface area (Å²) in [5.74, 6) is -1.01. The van der Waals surface area contributed by atoms with Crippen molar-refractivity contribution in [2.75, 3.05) is 13.2 Å². The molecule has 6 heteroatoms. The van der Waals surface area contributed by atoms with Gasteiger partial charge < -0.3 is 14.7 Å². The Morgan fingerprint density at radius 3 is 2.64 bits per heavy atom. The number of amides is 1. The second-order valence-electron chi connectivity index (χ2n) is 5.26. The third kappa shape index (κ3) is 7.56. The van der Waals surface area contributed by atoms with Gasteiger partial charge in [-0.2, -0.15) is 0 Å². The number of ether oxygens (including phenoxy) is 1. The number of hydrogen-bond acceptors (Lipinski definition) is 3. The Kier molecular flexibility index (Phi) is 8.12. The highest BCUT2D eigenvalue weighted by atomic mass is 79.9. The molecular weight excluding hydrogens is 350 g/mol. The minimum atomic E-state index is -0.912. The van der Waals surface area contributed by atoms with Crippen LogP contribution in [0.25, 0.3) is 0 Å². The topological polar surface area (TPSA) is 66.8 Å². The van der Waals surface area contributed by atoms with Crippen LogP contribution in [0.1, 0.15) is 32.3 Å². The van der Waals surface area contributed by atoms with Crippen molar-refractivity contribution in [2.24, 2.45) is 0 Å². The lowest BCUT2D eigenvalue weighted by Gasteiger charge is -2.22. The molecule has 0 fully saturated rings. The van der Waals surface area contributed by atoms with E-state index in [1.807, 2.05) is 38.1 Å². The lowest BCUT2D eigenvalue weighted by atomic mass is 10.2. The van der Waals surface area contributed by atoms with Gasteiger partial charge in [-0.1, -0.05) is 28.1 Å². The smallest absolute Gasteiger partial charge is 0.305 e. The molecule has 1 aromatic rings. The van der Waals surface area contributed by atoms with Crippen molar-refractivity contribution in [2.45, 2.75) is 39.3 Å². The number of benzene rings is 1. The molecule has 0 radical (unpaired) electrons. The molecule has 1 rings (SSSR count). The van der Waals surface area contributed by atoms with Crippen molar-refractivity contribution in [1.29, 1.82) is 0 Å². The number of carboxylic acids is 1. The van der Waals surface area contributed by atoms with Crippen molar-refractivity contribution in [3.05, 3.63) is 34.3 Å². The van der Waals surface area contributed by atoms with Crippen LogP contribution in [0.15, 0.2) is 28.7 Å². The van der Waals surface area contributed by atoms with Gasteiger partial charge >= 0.3 is 5.97 Å². The van der Waals surface area contributed by atoms with E-state index < -0.39 is 5.97 Å². The highest BCUT2D eigenvalue weighted by molar-refractivity contribution is 9.10. The number of halogens is 1. The van der Waals surface area contributed by atoms with Crippen LogP contribution in [0.4, 0.5) is 0 Å². The monoisotopic (exact) mass is 371 g/mol. The summed E-state index contributed by atoms with van der Waals surface area (Å²) in [6.45, 7) is 4.76. The summed E-state index contributed by atoms with van der Waals surface area (Å²) in [6, 6.07) is 7.63. The van der Waals surface area contributed by atoms with Crippen molar-refractivity contribution >= 4 is 27.8 Å². The molecule has 0 spiro atoms. The zero-order valence-electron chi connectivity index (χ0n) is 12.9. The first-order chi connectivity index (χ1) is 10.4. The van der Waals surface area contributed by atoms with Gasteiger partial charge in [-0.15, -0.1) is 0 Å². The fraction of sp³-hybridized carbons (Fsp3) is 0.500. The molecule has 0 heterocycles. The first-order valence-corrected chi connectivity index (χ1v) is 8.03. The van der Waals surface area contributed by atoms with Crippen molar-refractivity contribution in [1.82, 2.24) is 4.90 Å². The van der Waals surface area contributed by atoms with Crippen LogP contribution in [0, 0.1) is 0 Å². The van der Waals surface area contributed by atoms with Gasteiger partial charge in [0.25, 0.3) is 0 Å². The Morgan fingerprint density at radius 2 is 2.05 bits per heavy atom. The van der Waals surface area contributed by atoms with Crippen molar-refractivity contribution in [3.63, 3.8) is 0 Å². The van der Waals surface area contributed by atoms with Gasteiger partial charge in [0.1, 0.15) is 0 Å². The Bertz CT molecular complexity index is 505. The SMILES string of the molecule is CC(C)OCCC(=O)N(CCC(=O)O)Cc1cccc(Br)c1. The second-order valence-corrected chi connectivity index (χ2v) is 6.17. The molecule has 0 bridgehead atoms. The first-order valence-electron chi connectivity index (χ1n) is 7.24. The molecule has 0 aromatic heterocycles. The molecule has 0 saturated carbocycles. The summed E-state index contributed by atoms with van der Waals surface area (Å²) in [4.78, 5) is 24.6. The van der Waals surface area contributed by atoms with Gasteiger partial charge in [-0.25, -0.2) is 0 Å². The third-order valence-electron chi connectivity index (χ3n) is 2.98. The van der Waals surface area contributed by atoms with E-state index in [-0.39, 0.29) is 31.4 Å². The molecule has 1 amide bonds. The van der Waals surface area contributed by atoms with Crippen LogP contribution >= 0.6 is 15.9 Å². The lowest BCUT2D eigenvalue weighted by molar-refractivity contribution is -0.139. The number of aliphatic carboxylic acids is 1. The predicted molar refractivity (Wildman–Crippen MR) is 87.5 cm³/mol. The Hall–Kier alpha value is -1.40. The van der Waals surface area contributed by atoms with E-state index in [0.29, 0.717) is 13.2 Å². The number of carbonyl (C=O) groups excluding carboxylic acids is 1. The minimum absolute atomic E-state index is 0.0647. The summed E-state index contributed by atoms with van der Waals surface area (Å²) >= 11 is 3.39. The molecule has 0 aliphatic carbocycles. The fourth-order valence-corrected chi connectivity index (χ4v) is 2.36. The highest BCUT2D eigenvalue weighted by Gasteiger charge is 2.15. The molecule has 0 aliphatic heterocycles. The van der Waals surface area contributed by atoms with E-state index >= 15 is 0 Å². The molecule has 0 aliphatic rings. The minimum Gasteiger partial charge on any atom is -0.481 e. The Morgan fingerprint density at radius 1 is 1.32 bits per heavy atom. The molecule has 5 nitrogen and oxygen atoms in total. The van der Waals surface area contributed by atoms with Gasteiger partial charge in [-0.3, -0.25) is 9.59 Å². The third-order valence-corrected chi connectivity index (χ3v) is 3.47. The number of nitrogens with zero attached hydrogens (tertiary/aromatic N) is 1. The van der Waals surface area contributed by atoms with E-state index in [2.05, 4.69) is 15.9 Å². The van der Waals surface area contributed by atoms with Crippen LogP contribution < -0.4 is 0 Å². The average Bonchev–Trinajstić information content (AvgIpc) is 2.42. The summed E-state index contributed by atoms with van der Waals surface area (Å²) in [7, 11) is 0. The van der Waals surface area contributed by atoms with Gasteiger partial charge in [0, 0.05) is 17.6 Å². The van der Waals surface area contributed by atoms with E-state index in [1.54, 1.807) is 4.90 Å². The summed E-state index contributed by atoms with van der Waals surface area (Å²) in [6.07, 6.45) is 0.265. The van der Waals surface area contributed by atoms with Crippen molar-refractivity contribution in [3.8, 4) is 0 Å². The number of carbonyl (C=O) groups is 2. The maximum Gasteiger partial charge on any atom is 0.305 e. The van der Waals surface area contributed by atoms with Crippen LogP contribution in [0.3, 0.4) is 0 Å². The first kappa shape index (κ1) is 18.6. The van der Waals surface area contributed by atoms with Crippen LogP contribution in [-0.4, -0.2) is 41.1 Å². The Labute approximate surface area is 139 Å². The van der Waals surface area contributed by atoms with E-state index in [1.165, 1.54) is 0 Å². The lowest BCUT2D eigenvalue weighted by Crippen LogP contribution is -2.33. The molecule has 1 N–H and O–H groups in total. The maximum atomic E-state index is 12.3. The molecule has 0 saturated heterocycles. The predicted octanol–water partition coefficient (Wildman–Crippen LogP) is 3.07. The van der Waals surface area contributed by atoms with E-state index in [4.69, 9.17) is 9.84 Å². The van der Waals surface area contributed by atoms with E-state index in [9.17, 15) is 9.59 Å². The van der Waals surface area contributed by atoms with Crippen LogP contribution in [0.5, 0.6) is 0 Å². The summed E-state index contributed by atoms with van der Waals surface area (Å²) in [5, 5.41) is 8.83. The van der Waals surface area contributed by atoms with Crippen LogP contribution in [0.2, 0.25) is 0 Å². The number of rotatable bonds is 9. The van der Waals surface area contributed by atoms with Gasteiger partial charge in [0.2, 0.25) is 5.91 Å². The zero-order valence-corrected chi connectivity index (χ0v) is 14.5.